The summed E-state index contributed by atoms with van der Waals surface area (Å²) in [7, 11) is -1.36. The van der Waals surface area contributed by atoms with Crippen LogP contribution >= 0.6 is 0 Å². The van der Waals surface area contributed by atoms with Crippen molar-refractivity contribution < 1.29 is 13.2 Å². The second kappa shape index (κ2) is 6.94. The van der Waals surface area contributed by atoms with E-state index < -0.39 is 9.84 Å². The van der Waals surface area contributed by atoms with Gasteiger partial charge in [-0.05, 0) is 19.8 Å². The Kier molecular flexibility index (Phi) is 5.87. The van der Waals surface area contributed by atoms with E-state index in [1.807, 2.05) is 6.92 Å². The number of hydrogen-bond acceptors (Lipinski definition) is 4. The maximum atomic E-state index is 11.8. The molecule has 2 unspecified atom stereocenters. The van der Waals surface area contributed by atoms with Crippen LogP contribution < -0.4 is 11.1 Å². The molecule has 1 rings (SSSR count). The van der Waals surface area contributed by atoms with Crippen LogP contribution in [-0.4, -0.2) is 51.7 Å². The summed E-state index contributed by atoms with van der Waals surface area (Å²) in [5.41, 5.74) is 5.70. The Labute approximate surface area is 109 Å². The fraction of sp³-hybridized carbons (Fsp3) is 0.909. The minimum atomic E-state index is -2.97. The monoisotopic (exact) mass is 277 g/mol. The zero-order valence-corrected chi connectivity index (χ0v) is 11.9. The van der Waals surface area contributed by atoms with Gasteiger partial charge in [-0.25, -0.2) is 8.42 Å². The summed E-state index contributed by atoms with van der Waals surface area (Å²) < 4.78 is 28.5. The quantitative estimate of drug-likeness (QED) is 0.540. The highest BCUT2D eigenvalue weighted by Crippen LogP contribution is 2.19. The highest BCUT2D eigenvalue weighted by atomic mass is 32.2. The van der Waals surface area contributed by atoms with Crippen LogP contribution in [0.2, 0.25) is 0 Å². The molecule has 0 bridgehead atoms. The van der Waals surface area contributed by atoms with Gasteiger partial charge in [0.15, 0.2) is 15.8 Å². The molecule has 2 atom stereocenters. The summed E-state index contributed by atoms with van der Waals surface area (Å²) in [6, 6.07) is 0.0571. The summed E-state index contributed by atoms with van der Waals surface area (Å²) in [6.45, 7) is 2.70. The number of ether oxygens (including phenoxy) is 1. The lowest BCUT2D eigenvalue weighted by Gasteiger charge is -2.21. The van der Waals surface area contributed by atoms with E-state index in [0.717, 1.165) is 12.8 Å². The molecule has 6 nitrogen and oxygen atoms in total. The fourth-order valence-electron chi connectivity index (χ4n) is 2.02. The Balaban J connectivity index is 2.47. The van der Waals surface area contributed by atoms with Crippen LogP contribution in [0, 0.1) is 0 Å². The number of methoxy groups -OCH3 is 1. The Hall–Kier alpha value is -0.820. The molecule has 1 saturated heterocycles. The molecule has 0 spiro atoms. The minimum absolute atomic E-state index is 0.0571. The van der Waals surface area contributed by atoms with E-state index in [-0.39, 0.29) is 29.5 Å². The first-order valence-corrected chi connectivity index (χ1v) is 7.94. The Morgan fingerprint density at radius 3 is 2.89 bits per heavy atom. The van der Waals surface area contributed by atoms with Crippen LogP contribution in [0.3, 0.4) is 0 Å². The lowest BCUT2D eigenvalue weighted by Crippen LogP contribution is -2.41. The Morgan fingerprint density at radius 1 is 1.56 bits per heavy atom. The molecule has 0 aliphatic carbocycles. The van der Waals surface area contributed by atoms with E-state index in [1.165, 1.54) is 0 Å². The fourth-order valence-corrected chi connectivity index (χ4v) is 3.78. The molecule has 0 amide bonds. The van der Waals surface area contributed by atoms with E-state index in [2.05, 4.69) is 10.3 Å². The van der Waals surface area contributed by atoms with Crippen LogP contribution in [0.1, 0.15) is 26.2 Å². The summed E-state index contributed by atoms with van der Waals surface area (Å²) in [5, 5.41) is 2.58. The largest absolute Gasteiger partial charge is 0.383 e. The molecule has 0 aromatic rings. The first-order valence-electron chi connectivity index (χ1n) is 6.22. The van der Waals surface area contributed by atoms with Gasteiger partial charge in [-0.1, -0.05) is 6.42 Å². The highest BCUT2D eigenvalue weighted by molar-refractivity contribution is 7.92. The molecule has 106 valence electrons. The first-order chi connectivity index (χ1) is 8.45. The van der Waals surface area contributed by atoms with Crippen molar-refractivity contribution in [2.24, 2.45) is 10.7 Å². The summed E-state index contributed by atoms with van der Waals surface area (Å²) >= 11 is 0. The number of nitrogens with zero attached hydrogens (tertiary/aromatic N) is 1. The molecule has 0 radical (unpaired) electrons. The van der Waals surface area contributed by atoms with Crippen molar-refractivity contribution in [3.8, 4) is 0 Å². The van der Waals surface area contributed by atoms with Crippen LogP contribution in [0.15, 0.2) is 4.99 Å². The molecule has 0 saturated carbocycles. The maximum absolute atomic E-state index is 11.8. The summed E-state index contributed by atoms with van der Waals surface area (Å²) in [6.07, 6.45) is 2.40. The normalized spacial score (nSPS) is 25.7. The summed E-state index contributed by atoms with van der Waals surface area (Å²) in [4.78, 5) is 4.11. The van der Waals surface area contributed by atoms with E-state index >= 15 is 0 Å². The van der Waals surface area contributed by atoms with Gasteiger partial charge in [-0.15, -0.1) is 0 Å². The van der Waals surface area contributed by atoms with Gasteiger partial charge in [0.05, 0.1) is 24.2 Å². The second-order valence-corrected chi connectivity index (χ2v) is 7.11. The zero-order chi connectivity index (χ0) is 13.6. The van der Waals surface area contributed by atoms with E-state index in [0.29, 0.717) is 13.0 Å². The number of aliphatic imine (C=N–C) groups is 1. The number of nitrogens with one attached hydrogen (secondary N) is 1. The Morgan fingerprint density at radius 2 is 2.28 bits per heavy atom. The number of sulfone groups is 1. The number of nitrogens with two attached hydrogens (primary N) is 1. The molecule has 0 aromatic heterocycles. The van der Waals surface area contributed by atoms with Crippen molar-refractivity contribution in [1.29, 1.82) is 0 Å². The van der Waals surface area contributed by atoms with Crippen molar-refractivity contribution >= 4 is 15.8 Å². The molecule has 1 heterocycles. The SMILES string of the molecule is COCC(C)NC(N)=NCC1CCCCS1(=O)=O. The van der Waals surface area contributed by atoms with Gasteiger partial charge < -0.3 is 15.8 Å². The van der Waals surface area contributed by atoms with Gasteiger partial charge in [0.1, 0.15) is 0 Å². The average molecular weight is 277 g/mol. The minimum Gasteiger partial charge on any atom is -0.383 e. The molecule has 1 fully saturated rings. The van der Waals surface area contributed by atoms with Crippen molar-refractivity contribution in [3.63, 3.8) is 0 Å². The number of rotatable bonds is 5. The first kappa shape index (κ1) is 15.2. The van der Waals surface area contributed by atoms with Gasteiger partial charge in [0.25, 0.3) is 0 Å². The zero-order valence-electron chi connectivity index (χ0n) is 11.1. The smallest absolute Gasteiger partial charge is 0.188 e. The predicted octanol–water partition coefficient (Wildman–Crippen LogP) is -0.107. The van der Waals surface area contributed by atoms with Crippen molar-refractivity contribution in [2.75, 3.05) is 26.0 Å². The third-order valence-electron chi connectivity index (χ3n) is 2.99. The number of hydrogen-bond donors (Lipinski definition) is 2. The molecular formula is C11H23N3O3S. The van der Waals surface area contributed by atoms with Crippen LogP contribution in [0.5, 0.6) is 0 Å². The van der Waals surface area contributed by atoms with Crippen molar-refractivity contribution in [2.45, 2.75) is 37.5 Å². The molecule has 1 aliphatic rings. The standard InChI is InChI=1S/C11H23N3O3S/c1-9(8-17-2)14-11(12)13-7-10-5-3-4-6-18(10,15)16/h9-10H,3-8H2,1-2H3,(H3,12,13,14). The third kappa shape index (κ3) is 4.81. The Bertz CT molecular complexity index is 381. The molecule has 0 aromatic carbocycles. The van der Waals surface area contributed by atoms with E-state index in [4.69, 9.17) is 10.5 Å². The van der Waals surface area contributed by atoms with Gasteiger partial charge in [0, 0.05) is 13.2 Å². The summed E-state index contributed by atoms with van der Waals surface area (Å²) in [5.74, 6) is 0.556. The van der Waals surface area contributed by atoms with Gasteiger partial charge in [-0.2, -0.15) is 0 Å². The van der Waals surface area contributed by atoms with Crippen LogP contribution in [0.4, 0.5) is 0 Å². The topological polar surface area (TPSA) is 93.8 Å². The van der Waals surface area contributed by atoms with E-state index in [1.54, 1.807) is 7.11 Å². The molecule has 18 heavy (non-hydrogen) atoms. The number of guanidine groups is 1. The van der Waals surface area contributed by atoms with Crippen LogP contribution in [0.25, 0.3) is 0 Å². The highest BCUT2D eigenvalue weighted by Gasteiger charge is 2.28. The predicted molar refractivity (Wildman–Crippen MR) is 72.4 cm³/mol. The lowest BCUT2D eigenvalue weighted by atomic mass is 10.2. The lowest BCUT2D eigenvalue weighted by molar-refractivity contribution is 0.179. The molecular weight excluding hydrogens is 254 g/mol. The van der Waals surface area contributed by atoms with Gasteiger partial charge in [0.2, 0.25) is 0 Å². The van der Waals surface area contributed by atoms with Gasteiger partial charge >= 0.3 is 0 Å². The van der Waals surface area contributed by atoms with Gasteiger partial charge in [-0.3, -0.25) is 4.99 Å². The molecule has 3 N–H and O–H groups in total. The van der Waals surface area contributed by atoms with Crippen molar-refractivity contribution in [3.05, 3.63) is 0 Å². The third-order valence-corrected chi connectivity index (χ3v) is 5.25. The molecule has 7 heteroatoms. The average Bonchev–Trinajstić information content (AvgIpc) is 2.27. The van der Waals surface area contributed by atoms with Crippen LogP contribution in [-0.2, 0) is 14.6 Å². The van der Waals surface area contributed by atoms with Crippen molar-refractivity contribution in [1.82, 2.24) is 5.32 Å². The van der Waals surface area contributed by atoms with E-state index in [9.17, 15) is 8.42 Å². The molecule has 1 aliphatic heterocycles. The maximum Gasteiger partial charge on any atom is 0.188 e. The second-order valence-electron chi connectivity index (χ2n) is 4.71.